The first-order valence-corrected chi connectivity index (χ1v) is 4.49. The highest BCUT2D eigenvalue weighted by Crippen LogP contribution is 2.21. The van der Waals surface area contributed by atoms with E-state index in [1.807, 2.05) is 13.8 Å². The van der Waals surface area contributed by atoms with Crippen LogP contribution in [0.5, 0.6) is 0 Å². The first-order valence-electron chi connectivity index (χ1n) is 2.96. The predicted molar refractivity (Wildman–Crippen MR) is 45.7 cm³/mol. The van der Waals surface area contributed by atoms with E-state index in [1.54, 1.807) is 0 Å². The van der Waals surface area contributed by atoms with Crippen LogP contribution in [0.2, 0.25) is 0 Å². The molecule has 0 fully saturated rings. The summed E-state index contributed by atoms with van der Waals surface area (Å²) in [6, 6.07) is 0. The molecule has 0 aromatic rings. The molecule has 0 aliphatic rings. The van der Waals surface area contributed by atoms with E-state index in [1.165, 1.54) is 0 Å². The van der Waals surface area contributed by atoms with Crippen LogP contribution in [0.1, 0.15) is 20.3 Å². The Balaban J connectivity index is 0. The lowest BCUT2D eigenvalue weighted by Crippen LogP contribution is -1.80. The molecule has 1 atom stereocenters. The molecule has 0 aromatic carbocycles. The highest BCUT2D eigenvalue weighted by atomic mass is 31.1. The molecule has 0 saturated heterocycles. The second-order valence-corrected chi connectivity index (χ2v) is 3.09. The van der Waals surface area contributed by atoms with Crippen molar-refractivity contribution < 1.29 is 9.09 Å². The fourth-order valence-corrected chi connectivity index (χ4v) is 1.31. The molecule has 56 valence electrons. The van der Waals surface area contributed by atoms with E-state index < -0.39 is 8.03 Å². The van der Waals surface area contributed by atoms with Gasteiger partial charge in [-0.25, -0.2) is 0 Å². The lowest BCUT2D eigenvalue weighted by molar-refractivity contribution is 0.350. The van der Waals surface area contributed by atoms with Crippen LogP contribution in [0.15, 0.2) is 0 Å². The molecule has 0 heterocycles. The highest BCUT2D eigenvalue weighted by Gasteiger charge is 1.92. The van der Waals surface area contributed by atoms with Crippen LogP contribution in [0.4, 0.5) is 0 Å². The number of hydrogen-bond acceptors (Lipinski definition) is 2. The van der Waals surface area contributed by atoms with Crippen molar-refractivity contribution in [3.05, 3.63) is 0 Å². The molecule has 0 rings (SSSR count). The third kappa shape index (κ3) is 8.72. The molecule has 0 radical (unpaired) electrons. The third-order valence-corrected chi connectivity index (χ3v) is 2.28. The smallest absolute Gasteiger partial charge is 0.191 e. The summed E-state index contributed by atoms with van der Waals surface area (Å²) >= 11 is 0. The molecular formula is C5H16AlO2P. The lowest BCUT2D eigenvalue weighted by Gasteiger charge is -1.96. The molecule has 9 heavy (non-hydrogen) atoms. The summed E-state index contributed by atoms with van der Waals surface area (Å²) in [6.07, 6.45) is 1.69. The Hall–Kier alpha value is 0.722. The van der Waals surface area contributed by atoms with Gasteiger partial charge in [0.15, 0.2) is 25.4 Å². The quantitative estimate of drug-likeness (QED) is 0.454. The Kier molecular flexibility index (Phi) is 12.0. The van der Waals surface area contributed by atoms with Crippen LogP contribution in [0, 0.1) is 0 Å². The van der Waals surface area contributed by atoms with E-state index in [0.717, 1.165) is 12.6 Å². The van der Waals surface area contributed by atoms with Crippen molar-refractivity contribution in [1.82, 2.24) is 0 Å². The minimum Gasteiger partial charge on any atom is -0.331 e. The maximum atomic E-state index is 10.6. The summed E-state index contributed by atoms with van der Waals surface area (Å²) in [6.45, 7) is 4.44. The number of hydrogen-bond donors (Lipinski definition) is 0. The summed E-state index contributed by atoms with van der Waals surface area (Å²) in [7, 11) is -1.64. The van der Waals surface area contributed by atoms with Crippen molar-refractivity contribution in [2.75, 3.05) is 12.8 Å². The van der Waals surface area contributed by atoms with Gasteiger partial charge >= 0.3 is 0 Å². The molecule has 0 aliphatic heterocycles. The van der Waals surface area contributed by atoms with Gasteiger partial charge in [-0.3, -0.25) is 4.57 Å². The summed E-state index contributed by atoms with van der Waals surface area (Å²) in [5.41, 5.74) is 0. The van der Waals surface area contributed by atoms with Gasteiger partial charge in [0.1, 0.15) is 0 Å². The second kappa shape index (κ2) is 8.72. The monoisotopic (exact) mass is 166 g/mol. The Morgan fingerprint density at radius 2 is 2.00 bits per heavy atom. The normalized spacial score (nSPS) is 12.2. The highest BCUT2D eigenvalue weighted by molar-refractivity contribution is 7.39. The van der Waals surface area contributed by atoms with Crippen molar-refractivity contribution >= 4 is 25.4 Å². The van der Waals surface area contributed by atoms with Crippen LogP contribution >= 0.6 is 8.03 Å². The van der Waals surface area contributed by atoms with Gasteiger partial charge in [0.25, 0.3) is 0 Å². The van der Waals surface area contributed by atoms with Crippen LogP contribution in [0.3, 0.4) is 0 Å². The number of rotatable bonds is 4. The van der Waals surface area contributed by atoms with Crippen molar-refractivity contribution in [2.24, 2.45) is 0 Å². The Bertz CT molecular complexity index is 69.4. The molecule has 1 unspecified atom stereocenters. The van der Waals surface area contributed by atoms with Crippen LogP contribution in [-0.2, 0) is 9.09 Å². The summed E-state index contributed by atoms with van der Waals surface area (Å²) in [5.74, 6) is 0. The molecule has 0 saturated carbocycles. The average Bonchev–Trinajstić information content (AvgIpc) is 1.68. The van der Waals surface area contributed by atoms with Crippen molar-refractivity contribution in [3.63, 3.8) is 0 Å². The molecule has 0 spiro atoms. The molecule has 0 aromatic heterocycles. The second-order valence-electron chi connectivity index (χ2n) is 1.56. The fraction of sp³-hybridized carbons (Fsp3) is 1.00. The predicted octanol–water partition coefficient (Wildman–Crippen LogP) is 0.724. The van der Waals surface area contributed by atoms with Gasteiger partial charge in [-0.15, -0.1) is 0 Å². The third-order valence-electron chi connectivity index (χ3n) is 0.759. The van der Waals surface area contributed by atoms with Gasteiger partial charge in [-0.05, 0) is 13.3 Å². The SMILES string of the molecule is CCC[PH](=O)OCC.[AlH3]. The van der Waals surface area contributed by atoms with E-state index in [9.17, 15) is 4.57 Å². The van der Waals surface area contributed by atoms with Crippen LogP contribution < -0.4 is 0 Å². The van der Waals surface area contributed by atoms with Gasteiger partial charge in [-0.2, -0.15) is 0 Å². The Morgan fingerprint density at radius 1 is 1.44 bits per heavy atom. The molecule has 0 bridgehead atoms. The van der Waals surface area contributed by atoms with Crippen molar-refractivity contribution in [3.8, 4) is 0 Å². The maximum absolute atomic E-state index is 10.6. The van der Waals surface area contributed by atoms with E-state index in [4.69, 9.17) is 4.52 Å². The van der Waals surface area contributed by atoms with Crippen LogP contribution in [0.25, 0.3) is 0 Å². The van der Waals surface area contributed by atoms with Gasteiger partial charge in [0.05, 0.1) is 6.61 Å². The zero-order chi connectivity index (χ0) is 6.41. The lowest BCUT2D eigenvalue weighted by atomic mass is 10.6. The largest absolute Gasteiger partial charge is 0.331 e. The van der Waals surface area contributed by atoms with Gasteiger partial charge in [-0.1, -0.05) is 6.92 Å². The topological polar surface area (TPSA) is 26.3 Å². The van der Waals surface area contributed by atoms with E-state index in [0.29, 0.717) is 6.61 Å². The van der Waals surface area contributed by atoms with E-state index in [-0.39, 0.29) is 17.4 Å². The van der Waals surface area contributed by atoms with Crippen molar-refractivity contribution in [1.29, 1.82) is 0 Å². The molecular weight excluding hydrogens is 150 g/mol. The van der Waals surface area contributed by atoms with Crippen molar-refractivity contribution in [2.45, 2.75) is 20.3 Å². The van der Waals surface area contributed by atoms with Gasteiger partial charge < -0.3 is 4.52 Å². The minimum atomic E-state index is -1.64. The zero-order valence-corrected chi connectivity index (χ0v) is 6.44. The van der Waals surface area contributed by atoms with Crippen LogP contribution in [-0.4, -0.2) is 30.1 Å². The summed E-state index contributed by atoms with van der Waals surface area (Å²) < 4.78 is 15.4. The standard InChI is InChI=1S/C5H13O2P.Al.3H/c1-3-5-8(6)7-4-2;;;;/h8H,3-5H2,1-2H3;;;;. The molecule has 2 nitrogen and oxygen atoms in total. The van der Waals surface area contributed by atoms with Gasteiger partial charge in [0, 0.05) is 6.16 Å². The van der Waals surface area contributed by atoms with Gasteiger partial charge in [0.2, 0.25) is 0 Å². The summed E-state index contributed by atoms with van der Waals surface area (Å²) in [4.78, 5) is 0. The molecule has 0 N–H and O–H groups in total. The Morgan fingerprint density at radius 3 is 2.33 bits per heavy atom. The average molecular weight is 166 g/mol. The first kappa shape index (κ1) is 12.4. The maximum Gasteiger partial charge on any atom is 0.191 e. The minimum absolute atomic E-state index is 0. The molecule has 4 heteroatoms. The Labute approximate surface area is 68.0 Å². The first-order chi connectivity index (χ1) is 3.81. The molecule has 0 aliphatic carbocycles. The van der Waals surface area contributed by atoms with E-state index in [2.05, 4.69) is 0 Å². The summed E-state index contributed by atoms with van der Waals surface area (Å²) in [5, 5.41) is 0. The van der Waals surface area contributed by atoms with E-state index >= 15 is 0 Å². The fourth-order valence-electron chi connectivity index (χ4n) is 0.437. The molecule has 0 amide bonds. The zero-order valence-electron chi connectivity index (χ0n) is 5.44.